The molecule has 1 heterocycles. The van der Waals surface area contributed by atoms with Crippen LogP contribution in [0.1, 0.15) is 23.2 Å². The highest BCUT2D eigenvalue weighted by Crippen LogP contribution is 2.32. The molecular formula is C13H12N2O6. The molecule has 0 amide bonds. The molecule has 2 rings (SSSR count). The van der Waals surface area contributed by atoms with Gasteiger partial charge in [-0.3, -0.25) is 10.1 Å². The predicted molar refractivity (Wildman–Crippen MR) is 71.5 cm³/mol. The second-order valence-electron chi connectivity index (χ2n) is 4.10. The number of benzene rings is 1. The average Bonchev–Trinajstić information content (AvgIpc) is 2.90. The van der Waals surface area contributed by atoms with Crippen molar-refractivity contribution < 1.29 is 24.0 Å². The molecule has 0 aliphatic rings. The van der Waals surface area contributed by atoms with Crippen LogP contribution in [0.2, 0.25) is 0 Å². The van der Waals surface area contributed by atoms with Crippen LogP contribution in [-0.4, -0.2) is 28.1 Å². The number of hydrogen-bond donors (Lipinski definition) is 1. The first-order valence-electron chi connectivity index (χ1n) is 6.03. The monoisotopic (exact) mass is 292 g/mol. The van der Waals surface area contributed by atoms with Gasteiger partial charge in [0, 0.05) is 11.6 Å². The third-order valence-corrected chi connectivity index (χ3v) is 2.85. The van der Waals surface area contributed by atoms with E-state index in [-0.39, 0.29) is 23.1 Å². The number of nitro benzene ring substituents is 1. The summed E-state index contributed by atoms with van der Waals surface area (Å²) in [5, 5.41) is 19.9. The van der Waals surface area contributed by atoms with Crippen LogP contribution in [0.25, 0.3) is 11.5 Å². The topological polar surface area (TPSA) is 116 Å². The number of oxazole rings is 1. The predicted octanol–water partition coefficient (Wildman–Crippen LogP) is 2.52. The minimum Gasteiger partial charge on any atom is -0.490 e. The zero-order valence-corrected chi connectivity index (χ0v) is 11.3. The summed E-state index contributed by atoms with van der Waals surface area (Å²) in [5.74, 6) is -1.31. The number of carbonyl (C=O) groups is 1. The smallest absolute Gasteiger partial charge is 0.373 e. The molecule has 110 valence electrons. The molecule has 0 saturated carbocycles. The standard InChI is InChI=1S/C13H12N2O6/c1-3-8-11(13(16)17)21-12(14-8)7-4-5-9(15(18)19)10(6-7)20-2/h4-6H,3H2,1-2H3,(H,16,17). The summed E-state index contributed by atoms with van der Waals surface area (Å²) in [5.41, 5.74) is 0.524. The van der Waals surface area contributed by atoms with E-state index in [1.54, 1.807) is 6.92 Å². The summed E-state index contributed by atoms with van der Waals surface area (Å²) < 4.78 is 10.2. The van der Waals surface area contributed by atoms with Gasteiger partial charge in [-0.15, -0.1) is 0 Å². The van der Waals surface area contributed by atoms with Gasteiger partial charge in [-0.05, 0) is 18.6 Å². The Balaban J connectivity index is 2.52. The number of aromatic nitrogens is 1. The highest BCUT2D eigenvalue weighted by Gasteiger charge is 2.21. The van der Waals surface area contributed by atoms with Gasteiger partial charge in [-0.1, -0.05) is 6.92 Å². The molecule has 0 unspecified atom stereocenters. The Morgan fingerprint density at radius 3 is 2.71 bits per heavy atom. The Morgan fingerprint density at radius 2 is 2.24 bits per heavy atom. The van der Waals surface area contributed by atoms with Crippen LogP contribution in [0.4, 0.5) is 5.69 Å². The lowest BCUT2D eigenvalue weighted by molar-refractivity contribution is -0.385. The molecule has 8 heteroatoms. The van der Waals surface area contributed by atoms with E-state index in [1.165, 1.54) is 25.3 Å². The fourth-order valence-corrected chi connectivity index (χ4v) is 1.84. The van der Waals surface area contributed by atoms with E-state index in [2.05, 4.69) is 4.98 Å². The van der Waals surface area contributed by atoms with E-state index in [0.29, 0.717) is 17.7 Å². The molecule has 8 nitrogen and oxygen atoms in total. The summed E-state index contributed by atoms with van der Waals surface area (Å²) in [6.07, 6.45) is 0.398. The SMILES string of the molecule is CCc1nc(-c2ccc([N+](=O)[O-])c(OC)c2)oc1C(=O)O. The van der Waals surface area contributed by atoms with Crippen LogP contribution in [0.5, 0.6) is 5.75 Å². The molecule has 0 atom stereocenters. The maximum atomic E-state index is 11.0. The van der Waals surface area contributed by atoms with Gasteiger partial charge in [-0.25, -0.2) is 9.78 Å². The minimum absolute atomic E-state index is 0.0469. The van der Waals surface area contributed by atoms with Gasteiger partial charge >= 0.3 is 11.7 Å². The molecule has 2 aromatic rings. The first kappa shape index (κ1) is 14.5. The van der Waals surface area contributed by atoms with E-state index < -0.39 is 10.9 Å². The molecule has 0 aliphatic carbocycles. The number of ether oxygens (including phenoxy) is 1. The van der Waals surface area contributed by atoms with E-state index in [9.17, 15) is 14.9 Å². The maximum absolute atomic E-state index is 11.0. The fourth-order valence-electron chi connectivity index (χ4n) is 1.84. The first-order chi connectivity index (χ1) is 9.97. The number of aryl methyl sites for hydroxylation is 1. The number of carboxylic acid groups (broad SMARTS) is 1. The normalized spacial score (nSPS) is 10.4. The van der Waals surface area contributed by atoms with Crippen LogP contribution in [-0.2, 0) is 6.42 Å². The van der Waals surface area contributed by atoms with E-state index >= 15 is 0 Å². The van der Waals surface area contributed by atoms with Crippen LogP contribution in [0, 0.1) is 10.1 Å². The van der Waals surface area contributed by atoms with Crippen molar-refractivity contribution in [2.24, 2.45) is 0 Å². The highest BCUT2D eigenvalue weighted by atomic mass is 16.6. The van der Waals surface area contributed by atoms with Crippen LogP contribution in [0.15, 0.2) is 22.6 Å². The Kier molecular flexibility index (Phi) is 3.88. The van der Waals surface area contributed by atoms with Gasteiger partial charge < -0.3 is 14.3 Å². The number of nitrogens with zero attached hydrogens (tertiary/aromatic N) is 2. The van der Waals surface area contributed by atoms with Gasteiger partial charge in [0.2, 0.25) is 11.7 Å². The largest absolute Gasteiger partial charge is 0.490 e. The third-order valence-electron chi connectivity index (χ3n) is 2.85. The maximum Gasteiger partial charge on any atom is 0.373 e. The van der Waals surface area contributed by atoms with Crippen molar-refractivity contribution in [3.8, 4) is 17.2 Å². The number of methoxy groups -OCH3 is 1. The lowest BCUT2D eigenvalue weighted by Crippen LogP contribution is -1.98. The third kappa shape index (κ3) is 2.69. The van der Waals surface area contributed by atoms with Crippen molar-refractivity contribution in [2.45, 2.75) is 13.3 Å². The molecule has 1 aromatic heterocycles. The second kappa shape index (κ2) is 5.61. The number of nitro groups is 1. The van der Waals surface area contributed by atoms with Crippen molar-refractivity contribution in [1.29, 1.82) is 0 Å². The molecule has 21 heavy (non-hydrogen) atoms. The number of carboxylic acids is 1. The molecule has 1 N–H and O–H groups in total. The molecule has 0 spiro atoms. The van der Waals surface area contributed by atoms with E-state index in [4.69, 9.17) is 14.3 Å². The van der Waals surface area contributed by atoms with E-state index in [1.807, 2.05) is 0 Å². The van der Waals surface area contributed by atoms with Crippen LogP contribution in [0.3, 0.4) is 0 Å². The molecule has 1 aromatic carbocycles. The summed E-state index contributed by atoms with van der Waals surface area (Å²) >= 11 is 0. The lowest BCUT2D eigenvalue weighted by atomic mass is 10.2. The number of aromatic carboxylic acids is 1. The van der Waals surface area contributed by atoms with Crippen molar-refractivity contribution in [2.75, 3.05) is 7.11 Å². The Morgan fingerprint density at radius 1 is 1.52 bits per heavy atom. The quantitative estimate of drug-likeness (QED) is 0.664. The Hall–Kier alpha value is -2.90. The van der Waals surface area contributed by atoms with Crippen LogP contribution < -0.4 is 4.74 Å². The highest BCUT2D eigenvalue weighted by molar-refractivity contribution is 5.86. The van der Waals surface area contributed by atoms with Crippen molar-refractivity contribution in [1.82, 2.24) is 4.98 Å². The molecule has 0 radical (unpaired) electrons. The molecule has 0 saturated heterocycles. The molecular weight excluding hydrogens is 280 g/mol. The number of hydrogen-bond acceptors (Lipinski definition) is 6. The van der Waals surface area contributed by atoms with Crippen LogP contribution >= 0.6 is 0 Å². The van der Waals surface area contributed by atoms with Gasteiger partial charge in [-0.2, -0.15) is 0 Å². The van der Waals surface area contributed by atoms with Gasteiger partial charge in [0.1, 0.15) is 0 Å². The van der Waals surface area contributed by atoms with Gasteiger partial charge in [0.25, 0.3) is 0 Å². The zero-order chi connectivity index (χ0) is 15.6. The van der Waals surface area contributed by atoms with E-state index in [0.717, 1.165) is 0 Å². The first-order valence-corrected chi connectivity index (χ1v) is 6.03. The Bertz CT molecular complexity index is 707. The average molecular weight is 292 g/mol. The molecule has 0 aliphatic heterocycles. The fraction of sp³-hybridized carbons (Fsp3) is 0.231. The van der Waals surface area contributed by atoms with Crippen molar-refractivity contribution >= 4 is 11.7 Å². The lowest BCUT2D eigenvalue weighted by Gasteiger charge is -2.02. The summed E-state index contributed by atoms with van der Waals surface area (Å²) in [7, 11) is 1.31. The van der Waals surface area contributed by atoms with Crippen molar-refractivity contribution in [3.63, 3.8) is 0 Å². The van der Waals surface area contributed by atoms with Crippen molar-refractivity contribution in [3.05, 3.63) is 39.8 Å². The molecule has 0 bridgehead atoms. The zero-order valence-electron chi connectivity index (χ0n) is 11.3. The van der Waals surface area contributed by atoms with Gasteiger partial charge in [0.05, 0.1) is 17.7 Å². The minimum atomic E-state index is -1.21. The van der Waals surface area contributed by atoms with Gasteiger partial charge in [0.15, 0.2) is 5.75 Å². The molecule has 0 fully saturated rings. The summed E-state index contributed by atoms with van der Waals surface area (Å²) in [6.45, 7) is 1.75. The summed E-state index contributed by atoms with van der Waals surface area (Å²) in [6, 6.07) is 4.07. The number of rotatable bonds is 5. The summed E-state index contributed by atoms with van der Waals surface area (Å²) in [4.78, 5) is 25.4. The second-order valence-corrected chi connectivity index (χ2v) is 4.10. The Labute approximate surface area is 119 Å².